The second kappa shape index (κ2) is 7.25. The Balaban J connectivity index is 2.25. The van der Waals surface area contributed by atoms with Crippen molar-refractivity contribution < 1.29 is 17.6 Å². The minimum Gasteiger partial charge on any atom is -0.322 e. The molecule has 2 rings (SSSR count). The highest BCUT2D eigenvalue weighted by Gasteiger charge is 2.16. The van der Waals surface area contributed by atoms with Crippen molar-refractivity contribution in [3.05, 3.63) is 59.4 Å². The van der Waals surface area contributed by atoms with Crippen molar-refractivity contribution in [1.82, 2.24) is 4.72 Å². The molecule has 1 amide bonds. The number of carbonyl (C=O) groups excluding carboxylic acids is 1. The van der Waals surface area contributed by atoms with E-state index < -0.39 is 21.7 Å². The highest BCUT2D eigenvalue weighted by molar-refractivity contribution is 7.89. The Bertz CT molecular complexity index is 918. The van der Waals surface area contributed by atoms with Crippen molar-refractivity contribution in [1.29, 1.82) is 0 Å². The zero-order valence-electron chi connectivity index (χ0n) is 12.8. The maximum atomic E-state index is 13.1. The summed E-state index contributed by atoms with van der Waals surface area (Å²) in [4.78, 5) is 12.2. The summed E-state index contributed by atoms with van der Waals surface area (Å²) in [6.07, 6.45) is 5.03. The lowest BCUT2D eigenvalue weighted by atomic mass is 10.1. The first-order valence-electron chi connectivity index (χ1n) is 6.94. The van der Waals surface area contributed by atoms with Crippen molar-refractivity contribution in [2.75, 3.05) is 11.9 Å². The summed E-state index contributed by atoms with van der Waals surface area (Å²) in [7, 11) is -3.79. The zero-order chi connectivity index (χ0) is 17.7. The molecule has 5 nitrogen and oxygen atoms in total. The summed E-state index contributed by atoms with van der Waals surface area (Å²) >= 11 is 0. The smallest absolute Gasteiger partial charge is 0.255 e. The number of carbonyl (C=O) groups is 1. The third kappa shape index (κ3) is 4.19. The van der Waals surface area contributed by atoms with Gasteiger partial charge in [0.1, 0.15) is 5.82 Å². The number of nitrogens with one attached hydrogen (secondary N) is 2. The molecule has 2 N–H and O–H groups in total. The number of anilines is 1. The minimum atomic E-state index is -3.79. The Morgan fingerprint density at radius 3 is 2.67 bits per heavy atom. The summed E-state index contributed by atoms with van der Waals surface area (Å²) < 4.78 is 39.4. The van der Waals surface area contributed by atoms with Gasteiger partial charge in [-0.3, -0.25) is 4.79 Å². The number of rotatable bonds is 5. The highest BCUT2D eigenvalue weighted by Crippen LogP contribution is 2.18. The van der Waals surface area contributed by atoms with Gasteiger partial charge in [0.2, 0.25) is 10.0 Å². The Labute approximate surface area is 139 Å². The molecular weight excluding hydrogens is 331 g/mol. The molecule has 0 fully saturated rings. The predicted molar refractivity (Wildman–Crippen MR) is 89.6 cm³/mol. The van der Waals surface area contributed by atoms with Crippen LogP contribution in [0.3, 0.4) is 0 Å². The Morgan fingerprint density at radius 1 is 1.25 bits per heavy atom. The van der Waals surface area contributed by atoms with Gasteiger partial charge in [0.05, 0.1) is 11.4 Å². The minimum absolute atomic E-state index is 0.0683. The standard InChI is InChI=1S/C17H15FN2O3S/c1-3-9-19-24(22,23)15-6-4-5-13(11-15)17(21)20-16-8-7-14(18)10-12(16)2/h1,4-8,10-11,19H,9H2,2H3,(H,20,21). The highest BCUT2D eigenvalue weighted by atomic mass is 32.2. The normalized spacial score (nSPS) is 10.9. The molecule has 0 radical (unpaired) electrons. The van der Waals surface area contributed by atoms with E-state index in [-0.39, 0.29) is 17.0 Å². The summed E-state index contributed by atoms with van der Waals surface area (Å²) in [6, 6.07) is 9.50. The van der Waals surface area contributed by atoms with Gasteiger partial charge < -0.3 is 5.32 Å². The van der Waals surface area contributed by atoms with Gasteiger partial charge in [-0.05, 0) is 48.9 Å². The number of hydrogen-bond acceptors (Lipinski definition) is 3. The molecule has 0 unspecified atom stereocenters. The molecule has 7 heteroatoms. The lowest BCUT2D eigenvalue weighted by Gasteiger charge is -2.10. The Hall–Kier alpha value is -2.69. The van der Waals surface area contributed by atoms with Gasteiger partial charge in [0.15, 0.2) is 0 Å². The maximum Gasteiger partial charge on any atom is 0.255 e. The third-order valence-corrected chi connectivity index (χ3v) is 4.61. The van der Waals surface area contributed by atoms with Crippen LogP contribution in [-0.4, -0.2) is 20.9 Å². The molecule has 0 aliphatic heterocycles. The molecule has 0 spiro atoms. The molecule has 24 heavy (non-hydrogen) atoms. The van der Waals surface area contributed by atoms with Crippen molar-refractivity contribution in [2.45, 2.75) is 11.8 Å². The second-order valence-electron chi connectivity index (χ2n) is 4.97. The average molecular weight is 346 g/mol. The van der Waals surface area contributed by atoms with E-state index >= 15 is 0 Å². The van der Waals surface area contributed by atoms with E-state index in [1.807, 2.05) is 0 Å². The predicted octanol–water partition coefficient (Wildman–Crippen LogP) is 2.30. The fraction of sp³-hybridized carbons (Fsp3) is 0.118. The largest absolute Gasteiger partial charge is 0.322 e. The van der Waals surface area contributed by atoms with Gasteiger partial charge in [-0.25, -0.2) is 12.8 Å². The molecule has 0 saturated carbocycles. The summed E-state index contributed by atoms with van der Waals surface area (Å²) in [5, 5.41) is 2.62. The molecule has 0 bridgehead atoms. The van der Waals surface area contributed by atoms with Crippen molar-refractivity contribution in [3.63, 3.8) is 0 Å². The van der Waals surface area contributed by atoms with Crippen LogP contribution in [-0.2, 0) is 10.0 Å². The van der Waals surface area contributed by atoms with Crippen LogP contribution in [0.4, 0.5) is 10.1 Å². The molecular formula is C17H15FN2O3S. The van der Waals surface area contributed by atoms with Crippen molar-refractivity contribution >= 4 is 21.6 Å². The number of aryl methyl sites for hydroxylation is 1. The zero-order valence-corrected chi connectivity index (χ0v) is 13.7. The van der Waals surface area contributed by atoms with E-state index in [4.69, 9.17) is 6.42 Å². The number of halogens is 1. The molecule has 0 heterocycles. The van der Waals surface area contributed by atoms with Gasteiger partial charge in [-0.15, -0.1) is 6.42 Å². The Kier molecular flexibility index (Phi) is 5.34. The molecule has 0 saturated heterocycles. The molecule has 0 aromatic heterocycles. The van der Waals surface area contributed by atoms with E-state index in [2.05, 4.69) is 16.0 Å². The lowest BCUT2D eigenvalue weighted by molar-refractivity contribution is 0.102. The summed E-state index contributed by atoms with van der Waals surface area (Å²) in [5.41, 5.74) is 1.16. The first kappa shape index (κ1) is 17.7. The van der Waals surface area contributed by atoms with Gasteiger partial charge >= 0.3 is 0 Å². The maximum absolute atomic E-state index is 13.1. The van der Waals surface area contributed by atoms with Gasteiger partial charge in [0.25, 0.3) is 5.91 Å². The third-order valence-electron chi connectivity index (χ3n) is 3.21. The topological polar surface area (TPSA) is 75.3 Å². The molecule has 2 aromatic rings. The summed E-state index contributed by atoms with van der Waals surface area (Å²) in [5.74, 6) is 1.27. The molecule has 2 aromatic carbocycles. The van der Waals surface area contributed by atoms with Crippen LogP contribution in [0.2, 0.25) is 0 Å². The SMILES string of the molecule is C#CCNS(=O)(=O)c1cccc(C(=O)Nc2ccc(F)cc2C)c1. The first-order chi connectivity index (χ1) is 11.3. The van der Waals surface area contributed by atoms with Crippen LogP contribution in [0.1, 0.15) is 15.9 Å². The van der Waals surface area contributed by atoms with Gasteiger partial charge in [0, 0.05) is 11.3 Å². The molecule has 124 valence electrons. The lowest BCUT2D eigenvalue weighted by Crippen LogP contribution is -2.24. The second-order valence-corrected chi connectivity index (χ2v) is 6.74. The van der Waals surface area contributed by atoms with E-state index in [0.29, 0.717) is 11.3 Å². The van der Waals surface area contributed by atoms with Crippen molar-refractivity contribution in [3.8, 4) is 12.3 Å². The van der Waals surface area contributed by atoms with Crippen LogP contribution in [0, 0.1) is 25.1 Å². The van der Waals surface area contributed by atoms with E-state index in [1.54, 1.807) is 6.92 Å². The van der Waals surface area contributed by atoms with E-state index in [1.165, 1.54) is 42.5 Å². The quantitative estimate of drug-likeness (QED) is 0.816. The van der Waals surface area contributed by atoms with Crippen LogP contribution in [0.5, 0.6) is 0 Å². The Morgan fingerprint density at radius 2 is 2.00 bits per heavy atom. The number of sulfonamides is 1. The fourth-order valence-corrected chi connectivity index (χ4v) is 2.97. The number of hydrogen-bond donors (Lipinski definition) is 2. The first-order valence-corrected chi connectivity index (χ1v) is 8.42. The molecule has 0 aliphatic rings. The summed E-state index contributed by atoms with van der Waals surface area (Å²) in [6.45, 7) is 1.51. The van der Waals surface area contributed by atoms with Crippen molar-refractivity contribution in [2.24, 2.45) is 0 Å². The van der Waals surface area contributed by atoms with E-state index in [0.717, 1.165) is 0 Å². The average Bonchev–Trinajstić information content (AvgIpc) is 2.55. The van der Waals surface area contributed by atoms with Crippen LogP contribution in [0.25, 0.3) is 0 Å². The molecule has 0 aliphatic carbocycles. The monoisotopic (exact) mass is 346 g/mol. The van der Waals surface area contributed by atoms with Crippen LogP contribution in [0.15, 0.2) is 47.4 Å². The molecule has 0 atom stereocenters. The van der Waals surface area contributed by atoms with Gasteiger partial charge in [-0.2, -0.15) is 4.72 Å². The van der Waals surface area contributed by atoms with Gasteiger partial charge in [-0.1, -0.05) is 12.0 Å². The number of benzene rings is 2. The number of amides is 1. The fourth-order valence-electron chi connectivity index (χ4n) is 1.99. The number of terminal acetylenes is 1. The van der Waals surface area contributed by atoms with Crippen LogP contribution >= 0.6 is 0 Å². The van der Waals surface area contributed by atoms with Crippen LogP contribution < -0.4 is 10.0 Å². The van der Waals surface area contributed by atoms with E-state index in [9.17, 15) is 17.6 Å².